The van der Waals surface area contributed by atoms with Crippen molar-refractivity contribution in [2.45, 2.75) is 75.5 Å². The van der Waals surface area contributed by atoms with E-state index in [4.69, 9.17) is 9.47 Å². The number of hydrogen-bond donors (Lipinski definition) is 1. The van der Waals surface area contributed by atoms with Gasteiger partial charge in [0.15, 0.2) is 0 Å². The van der Waals surface area contributed by atoms with E-state index in [1.807, 2.05) is 12.1 Å². The maximum Gasteiger partial charge on any atom is 0.416 e. The third-order valence-electron chi connectivity index (χ3n) is 6.87. The fourth-order valence-corrected chi connectivity index (χ4v) is 4.98. The van der Waals surface area contributed by atoms with Crippen molar-refractivity contribution >= 4 is 12.1 Å². The average Bonchev–Trinajstić information content (AvgIpc) is 2.86. The van der Waals surface area contributed by atoms with Crippen molar-refractivity contribution in [2.75, 3.05) is 13.7 Å². The quantitative estimate of drug-likeness (QED) is 0.192. The van der Waals surface area contributed by atoms with Gasteiger partial charge in [0.05, 0.1) is 36.5 Å². The number of benzene rings is 2. The molecule has 230 valence electrons. The van der Waals surface area contributed by atoms with Crippen LogP contribution in [0.3, 0.4) is 0 Å². The van der Waals surface area contributed by atoms with Crippen molar-refractivity contribution in [3.05, 3.63) is 82.9 Å². The van der Waals surface area contributed by atoms with Gasteiger partial charge in [-0.05, 0) is 69.9 Å². The Kier molecular flexibility index (Phi) is 9.41. The number of carbonyl (C=O) groups is 2. The van der Waals surface area contributed by atoms with Gasteiger partial charge >= 0.3 is 24.4 Å². The molecule has 1 amide bonds. The van der Waals surface area contributed by atoms with Crippen molar-refractivity contribution in [3.8, 4) is 0 Å². The molecule has 1 fully saturated rings. The summed E-state index contributed by atoms with van der Waals surface area (Å²) in [5.74, 6) is -0.660. The molecular weight excluding hydrogens is 568 g/mol. The second kappa shape index (κ2) is 12.0. The molecule has 0 radical (unpaired) electrons. The fourth-order valence-electron chi connectivity index (χ4n) is 4.98. The number of carbonyl (C=O) groups excluding carboxylic acids is 2. The van der Waals surface area contributed by atoms with Gasteiger partial charge in [0.1, 0.15) is 5.60 Å². The Labute approximate surface area is 240 Å². The molecule has 0 bridgehead atoms. The summed E-state index contributed by atoms with van der Waals surface area (Å²) in [4.78, 5) is 24.6. The Hall–Kier alpha value is -3.54. The number of rotatable bonds is 8. The predicted molar refractivity (Wildman–Crippen MR) is 141 cm³/mol. The molecule has 2 aromatic carbocycles. The molecule has 0 saturated heterocycles. The fraction of sp³-hybridized carbons (Fsp3) is 0.467. The number of esters is 1. The summed E-state index contributed by atoms with van der Waals surface area (Å²) in [6.07, 6.45) is -8.86. The molecule has 1 aliphatic rings. The third-order valence-corrected chi connectivity index (χ3v) is 6.87. The monoisotopic (exact) mass is 601 g/mol. The smallest absolute Gasteiger partial charge is 0.416 e. The lowest BCUT2D eigenvalue weighted by molar-refractivity contribution is -0.143. The third kappa shape index (κ3) is 8.27. The highest BCUT2D eigenvalue weighted by Gasteiger charge is 2.56. The summed E-state index contributed by atoms with van der Waals surface area (Å²) in [5.41, 5.74) is -5.10. The molecule has 0 aromatic heterocycles. The van der Waals surface area contributed by atoms with E-state index in [-0.39, 0.29) is 31.1 Å². The zero-order valence-corrected chi connectivity index (χ0v) is 23.8. The minimum absolute atomic E-state index is 0.0674. The van der Waals surface area contributed by atoms with Gasteiger partial charge in [0, 0.05) is 11.5 Å². The first-order valence-corrected chi connectivity index (χ1v) is 13.0. The van der Waals surface area contributed by atoms with E-state index < -0.39 is 58.2 Å². The van der Waals surface area contributed by atoms with Gasteiger partial charge in [-0.1, -0.05) is 36.4 Å². The Morgan fingerprint density at radius 1 is 0.952 bits per heavy atom. The van der Waals surface area contributed by atoms with Gasteiger partial charge in [-0.25, -0.2) is 9.59 Å². The zero-order valence-electron chi connectivity index (χ0n) is 23.8. The van der Waals surface area contributed by atoms with E-state index in [2.05, 4.69) is 10.1 Å². The molecule has 0 heterocycles. The van der Waals surface area contributed by atoms with Crippen molar-refractivity contribution < 1.29 is 50.1 Å². The Bertz CT molecular complexity index is 1260. The SMILES string of the molecule is COC(=O)/C=C/C1(NC(=O)OC(C)(C)C)CC(COC(C)c2cc(C(F)(F)F)cc(C(F)(F)F)c2)(c2ccccc2)C1. The standard InChI is InChI=1S/C30H33F6NO5/c1-19(20-13-22(29(31,32)33)15-23(14-20)30(34,35)36)41-18-27(21-9-7-6-8-10-21)16-28(17-27,12-11-24(38)40-5)37-25(39)42-26(2,3)4/h6-15,19H,16-18H2,1-5H3,(H,37,39)/b12-11+. The molecule has 1 unspecified atom stereocenters. The maximum absolute atomic E-state index is 13.4. The summed E-state index contributed by atoms with van der Waals surface area (Å²) < 4.78 is 96.5. The van der Waals surface area contributed by atoms with Crippen LogP contribution in [0.4, 0.5) is 31.1 Å². The first-order valence-electron chi connectivity index (χ1n) is 13.0. The lowest BCUT2D eigenvalue weighted by Gasteiger charge is -2.55. The van der Waals surface area contributed by atoms with Gasteiger partial charge in [-0.15, -0.1) is 0 Å². The van der Waals surface area contributed by atoms with Crippen LogP contribution in [0.2, 0.25) is 0 Å². The Morgan fingerprint density at radius 2 is 1.50 bits per heavy atom. The van der Waals surface area contributed by atoms with Crippen molar-refractivity contribution in [2.24, 2.45) is 0 Å². The molecule has 6 nitrogen and oxygen atoms in total. The van der Waals surface area contributed by atoms with E-state index >= 15 is 0 Å². The van der Waals surface area contributed by atoms with E-state index in [0.717, 1.165) is 11.6 Å². The topological polar surface area (TPSA) is 73.9 Å². The number of ether oxygens (including phenoxy) is 3. The van der Waals surface area contributed by atoms with Gasteiger partial charge in [0.25, 0.3) is 0 Å². The molecule has 1 N–H and O–H groups in total. The van der Waals surface area contributed by atoms with Gasteiger partial charge in [-0.2, -0.15) is 26.3 Å². The van der Waals surface area contributed by atoms with E-state index in [1.165, 1.54) is 20.1 Å². The van der Waals surface area contributed by atoms with Crippen LogP contribution in [0.5, 0.6) is 0 Å². The summed E-state index contributed by atoms with van der Waals surface area (Å²) in [5, 5.41) is 2.80. The van der Waals surface area contributed by atoms with Crippen molar-refractivity contribution in [1.82, 2.24) is 5.32 Å². The van der Waals surface area contributed by atoms with E-state index in [9.17, 15) is 35.9 Å². The van der Waals surface area contributed by atoms with Gasteiger partial charge in [0.2, 0.25) is 0 Å². The van der Waals surface area contributed by atoms with Crippen LogP contribution >= 0.6 is 0 Å². The number of nitrogens with one attached hydrogen (secondary N) is 1. The number of alkyl carbamates (subject to hydrolysis) is 1. The zero-order chi connectivity index (χ0) is 31.6. The van der Waals surface area contributed by atoms with Crippen LogP contribution in [0.25, 0.3) is 0 Å². The second-order valence-electron chi connectivity index (χ2n) is 11.4. The van der Waals surface area contributed by atoms with Crippen LogP contribution in [-0.2, 0) is 36.8 Å². The van der Waals surface area contributed by atoms with Crippen LogP contribution < -0.4 is 5.32 Å². The number of alkyl halides is 6. The summed E-state index contributed by atoms with van der Waals surface area (Å²) in [6, 6.07) is 10.3. The summed E-state index contributed by atoms with van der Waals surface area (Å²) >= 11 is 0. The lowest BCUT2D eigenvalue weighted by Crippen LogP contribution is -2.64. The summed E-state index contributed by atoms with van der Waals surface area (Å²) in [7, 11) is 1.20. The highest BCUT2D eigenvalue weighted by Crippen LogP contribution is 2.52. The number of methoxy groups -OCH3 is 1. The first-order chi connectivity index (χ1) is 19.3. The van der Waals surface area contributed by atoms with Crippen molar-refractivity contribution in [1.29, 1.82) is 0 Å². The first kappa shape index (κ1) is 33.0. The molecular formula is C30H33F6NO5. The minimum atomic E-state index is -4.99. The van der Waals surface area contributed by atoms with Crippen molar-refractivity contribution in [3.63, 3.8) is 0 Å². The number of halogens is 6. The van der Waals surface area contributed by atoms with Gasteiger partial charge in [-0.3, -0.25) is 0 Å². The van der Waals surface area contributed by atoms with Crippen LogP contribution in [0.1, 0.15) is 68.9 Å². The molecule has 3 rings (SSSR count). The highest BCUT2D eigenvalue weighted by atomic mass is 19.4. The minimum Gasteiger partial charge on any atom is -0.466 e. The number of hydrogen-bond acceptors (Lipinski definition) is 5. The molecule has 42 heavy (non-hydrogen) atoms. The van der Waals surface area contributed by atoms with Gasteiger partial charge < -0.3 is 19.5 Å². The summed E-state index contributed by atoms with van der Waals surface area (Å²) in [6.45, 7) is 6.32. The molecule has 0 aliphatic heterocycles. The molecule has 1 atom stereocenters. The average molecular weight is 602 g/mol. The lowest BCUT2D eigenvalue weighted by atomic mass is 9.54. The molecule has 1 aliphatic carbocycles. The van der Waals surface area contributed by atoms with E-state index in [0.29, 0.717) is 12.1 Å². The Morgan fingerprint density at radius 3 is 1.98 bits per heavy atom. The number of amides is 1. The molecule has 1 saturated carbocycles. The second-order valence-corrected chi connectivity index (χ2v) is 11.4. The predicted octanol–water partition coefficient (Wildman–Crippen LogP) is 7.53. The Balaban J connectivity index is 1.93. The van der Waals surface area contributed by atoms with Crippen LogP contribution in [0.15, 0.2) is 60.7 Å². The molecule has 2 aromatic rings. The molecule has 0 spiro atoms. The van der Waals surface area contributed by atoms with Crippen LogP contribution in [-0.4, -0.2) is 36.9 Å². The molecule has 12 heteroatoms. The van der Waals surface area contributed by atoms with Crippen LogP contribution in [0, 0.1) is 0 Å². The van der Waals surface area contributed by atoms with E-state index in [1.54, 1.807) is 39.0 Å². The largest absolute Gasteiger partial charge is 0.466 e. The normalized spacial score (nSPS) is 21.9. The highest BCUT2D eigenvalue weighted by molar-refractivity contribution is 5.82. The maximum atomic E-state index is 13.4.